The van der Waals surface area contributed by atoms with Crippen LogP contribution in [0.4, 0.5) is 0 Å². The summed E-state index contributed by atoms with van der Waals surface area (Å²) in [5, 5.41) is 0. The molecule has 0 radical (unpaired) electrons. The van der Waals surface area contributed by atoms with Gasteiger partial charge in [0.25, 0.3) is 0 Å². The minimum absolute atomic E-state index is 0.0527. The maximum absolute atomic E-state index is 11.3. The number of carbonyl (C=O) groups is 1. The minimum Gasteiger partial charge on any atom is -0.491 e. The van der Waals surface area contributed by atoms with Crippen LogP contribution in [0.3, 0.4) is 0 Å². The maximum atomic E-state index is 11.3. The molecule has 1 aliphatic rings. The van der Waals surface area contributed by atoms with Crippen molar-refractivity contribution in [3.05, 3.63) is 29.8 Å². The Morgan fingerprint density at radius 1 is 1.29 bits per heavy atom. The van der Waals surface area contributed by atoms with Gasteiger partial charge in [-0.1, -0.05) is 12.1 Å². The molecule has 1 fully saturated rings. The van der Waals surface area contributed by atoms with E-state index in [9.17, 15) is 4.79 Å². The smallest absolute Gasteiger partial charge is 0.309 e. The zero-order chi connectivity index (χ0) is 12.4. The molecule has 1 aromatic carbocycles. The van der Waals surface area contributed by atoms with E-state index in [-0.39, 0.29) is 18.0 Å². The molecule has 0 aromatic heterocycles. The van der Waals surface area contributed by atoms with Crippen LogP contribution in [0.25, 0.3) is 0 Å². The second-order valence-electron chi connectivity index (χ2n) is 4.71. The number of ether oxygens (including phenoxy) is 2. The molecule has 17 heavy (non-hydrogen) atoms. The lowest BCUT2D eigenvalue weighted by Gasteiger charge is -2.09. The van der Waals surface area contributed by atoms with Crippen LogP contribution in [-0.2, 0) is 9.53 Å². The Labute approximate surface area is 102 Å². The third-order valence-electron chi connectivity index (χ3n) is 2.97. The van der Waals surface area contributed by atoms with Gasteiger partial charge in [0.05, 0.1) is 19.1 Å². The Hall–Kier alpha value is -1.51. The molecule has 92 valence electrons. The molecule has 0 aliphatic heterocycles. The van der Waals surface area contributed by atoms with Crippen LogP contribution >= 0.6 is 0 Å². The molecular weight excluding hydrogens is 216 g/mol. The van der Waals surface area contributed by atoms with Gasteiger partial charge in [0, 0.05) is 0 Å². The van der Waals surface area contributed by atoms with E-state index < -0.39 is 0 Å². The molecule has 3 heteroatoms. The quantitative estimate of drug-likeness (QED) is 0.751. The summed E-state index contributed by atoms with van der Waals surface area (Å²) < 4.78 is 10.3. The molecule has 0 spiro atoms. The first-order valence-corrected chi connectivity index (χ1v) is 5.96. The van der Waals surface area contributed by atoms with Crippen molar-refractivity contribution in [3.8, 4) is 5.75 Å². The minimum atomic E-state index is -0.0995. The van der Waals surface area contributed by atoms with Gasteiger partial charge in [0.15, 0.2) is 0 Å². The highest BCUT2D eigenvalue weighted by molar-refractivity contribution is 5.77. The Balaban J connectivity index is 1.98. The monoisotopic (exact) mass is 234 g/mol. The van der Waals surface area contributed by atoms with Gasteiger partial charge in [-0.05, 0) is 43.9 Å². The zero-order valence-electron chi connectivity index (χ0n) is 10.5. The molecule has 0 heterocycles. The van der Waals surface area contributed by atoms with Gasteiger partial charge >= 0.3 is 5.97 Å². The highest BCUT2D eigenvalue weighted by Crippen LogP contribution is 2.48. The first-order valence-electron chi connectivity index (χ1n) is 5.96. The predicted molar refractivity (Wildman–Crippen MR) is 65.1 cm³/mol. The summed E-state index contributed by atoms with van der Waals surface area (Å²) in [5.41, 5.74) is 1.19. The topological polar surface area (TPSA) is 35.5 Å². The van der Waals surface area contributed by atoms with Crippen LogP contribution in [0.2, 0.25) is 0 Å². The summed E-state index contributed by atoms with van der Waals surface area (Å²) >= 11 is 0. The molecule has 2 atom stereocenters. The van der Waals surface area contributed by atoms with E-state index in [0.29, 0.717) is 5.92 Å². The molecule has 1 aromatic rings. The fraction of sp³-hybridized carbons (Fsp3) is 0.500. The summed E-state index contributed by atoms with van der Waals surface area (Å²) in [6.45, 7) is 4.00. The lowest BCUT2D eigenvalue weighted by molar-refractivity contribution is -0.142. The molecule has 0 N–H and O–H groups in total. The lowest BCUT2D eigenvalue weighted by atomic mass is 10.1. The highest BCUT2D eigenvalue weighted by atomic mass is 16.5. The number of rotatable bonds is 4. The summed E-state index contributed by atoms with van der Waals surface area (Å²) in [5.74, 6) is 1.16. The van der Waals surface area contributed by atoms with Crippen LogP contribution in [0.5, 0.6) is 5.75 Å². The largest absolute Gasteiger partial charge is 0.491 e. The standard InChI is InChI=1S/C14H18O3/c1-9(2)17-11-6-4-10(5-7-11)12-8-13(12)14(15)16-3/h4-7,9,12-13H,8H2,1-3H3/t12-,13+/m0/s1. The molecule has 0 amide bonds. The molecule has 0 saturated heterocycles. The number of benzene rings is 1. The molecule has 3 nitrogen and oxygen atoms in total. The number of esters is 1. The Kier molecular flexibility index (Phi) is 3.36. The molecule has 1 aliphatic carbocycles. The predicted octanol–water partition coefficient (Wildman–Crippen LogP) is 2.75. The van der Waals surface area contributed by atoms with Crippen molar-refractivity contribution in [2.45, 2.75) is 32.3 Å². The van der Waals surface area contributed by atoms with Gasteiger partial charge < -0.3 is 9.47 Å². The third kappa shape index (κ3) is 2.78. The van der Waals surface area contributed by atoms with Crippen molar-refractivity contribution >= 4 is 5.97 Å². The maximum Gasteiger partial charge on any atom is 0.309 e. The van der Waals surface area contributed by atoms with Crippen molar-refractivity contribution in [3.63, 3.8) is 0 Å². The Bertz CT molecular complexity index is 394. The SMILES string of the molecule is COC(=O)[C@@H]1C[C@H]1c1ccc(OC(C)C)cc1. The van der Waals surface area contributed by atoms with Crippen molar-refractivity contribution in [1.82, 2.24) is 0 Å². The van der Waals surface area contributed by atoms with Gasteiger partial charge in [-0.15, -0.1) is 0 Å². The van der Waals surface area contributed by atoms with Crippen molar-refractivity contribution in [2.24, 2.45) is 5.92 Å². The zero-order valence-corrected chi connectivity index (χ0v) is 10.5. The normalized spacial score (nSPS) is 22.4. The fourth-order valence-electron chi connectivity index (χ4n) is 2.04. The first-order chi connectivity index (χ1) is 8.11. The molecule has 0 bridgehead atoms. The van der Waals surface area contributed by atoms with E-state index in [1.54, 1.807) is 0 Å². The van der Waals surface area contributed by atoms with E-state index in [1.807, 2.05) is 38.1 Å². The number of carbonyl (C=O) groups excluding carboxylic acids is 1. The van der Waals surface area contributed by atoms with Gasteiger partial charge in [-0.2, -0.15) is 0 Å². The first kappa shape index (κ1) is 12.0. The van der Waals surface area contributed by atoms with E-state index >= 15 is 0 Å². The average Bonchev–Trinajstić information content (AvgIpc) is 3.08. The van der Waals surface area contributed by atoms with Crippen molar-refractivity contribution in [2.75, 3.05) is 7.11 Å². The van der Waals surface area contributed by atoms with E-state index in [2.05, 4.69) is 0 Å². The van der Waals surface area contributed by atoms with Gasteiger partial charge in [0.1, 0.15) is 5.75 Å². The van der Waals surface area contributed by atoms with Gasteiger partial charge in [-0.3, -0.25) is 4.79 Å². The summed E-state index contributed by atoms with van der Waals surface area (Å²) in [6, 6.07) is 7.99. The average molecular weight is 234 g/mol. The number of methoxy groups -OCH3 is 1. The fourth-order valence-corrected chi connectivity index (χ4v) is 2.04. The number of hydrogen-bond donors (Lipinski definition) is 0. The molecular formula is C14H18O3. The highest BCUT2D eigenvalue weighted by Gasteiger charge is 2.44. The van der Waals surface area contributed by atoms with Crippen LogP contribution in [-0.4, -0.2) is 19.2 Å². The van der Waals surface area contributed by atoms with Gasteiger partial charge in [-0.25, -0.2) is 0 Å². The number of hydrogen-bond acceptors (Lipinski definition) is 3. The molecule has 0 unspecified atom stereocenters. The van der Waals surface area contributed by atoms with Crippen molar-refractivity contribution < 1.29 is 14.3 Å². The second kappa shape index (κ2) is 4.78. The van der Waals surface area contributed by atoms with Gasteiger partial charge in [0.2, 0.25) is 0 Å². The van der Waals surface area contributed by atoms with Crippen LogP contribution in [0, 0.1) is 5.92 Å². The second-order valence-corrected chi connectivity index (χ2v) is 4.71. The Morgan fingerprint density at radius 3 is 2.47 bits per heavy atom. The summed E-state index contributed by atoms with van der Waals surface area (Å²) in [6.07, 6.45) is 1.08. The molecule has 1 saturated carbocycles. The molecule has 2 rings (SSSR count). The third-order valence-corrected chi connectivity index (χ3v) is 2.97. The Morgan fingerprint density at radius 2 is 1.94 bits per heavy atom. The van der Waals surface area contributed by atoms with E-state index in [4.69, 9.17) is 9.47 Å². The van der Waals surface area contributed by atoms with E-state index in [1.165, 1.54) is 12.7 Å². The van der Waals surface area contributed by atoms with E-state index in [0.717, 1.165) is 12.2 Å². The van der Waals surface area contributed by atoms with Crippen LogP contribution < -0.4 is 4.74 Å². The van der Waals surface area contributed by atoms with Crippen molar-refractivity contribution in [1.29, 1.82) is 0 Å². The summed E-state index contributed by atoms with van der Waals surface area (Å²) in [7, 11) is 1.44. The van der Waals surface area contributed by atoms with Crippen LogP contribution in [0.1, 0.15) is 31.7 Å². The lowest BCUT2D eigenvalue weighted by Crippen LogP contribution is -2.05. The van der Waals surface area contributed by atoms with Crippen LogP contribution in [0.15, 0.2) is 24.3 Å². The summed E-state index contributed by atoms with van der Waals surface area (Å²) in [4.78, 5) is 11.3.